The number of aryl methyl sites for hydroxylation is 2. The van der Waals surface area contributed by atoms with E-state index in [1.54, 1.807) is 0 Å². The van der Waals surface area contributed by atoms with Crippen molar-refractivity contribution in [1.82, 2.24) is 0 Å². The molecule has 12 aromatic rings. The van der Waals surface area contributed by atoms with E-state index in [-0.39, 0.29) is 5.41 Å². The maximum absolute atomic E-state index is 2.52. The SMILES string of the molecule is CCc1ccc(N(c2ccc3c(c2)-c2cc(N(c4ccc(CC)cc4)c4cccc5c4sc4ccccc45)ccc2C32c3ccccc3C(C)(C)c3ccccc32)c2cccc3c2sc2ccccc23)cc1. The van der Waals surface area contributed by atoms with Crippen LogP contribution in [0.4, 0.5) is 34.1 Å². The number of rotatable bonds is 8. The Kier molecular flexibility index (Phi) is 9.81. The first-order valence-electron chi connectivity index (χ1n) is 25.4. The zero-order valence-corrected chi connectivity index (χ0v) is 42.5. The van der Waals surface area contributed by atoms with Gasteiger partial charge >= 0.3 is 0 Å². The highest BCUT2D eigenvalue weighted by Crippen LogP contribution is 2.63. The highest BCUT2D eigenvalue weighted by Gasteiger charge is 2.53. The highest BCUT2D eigenvalue weighted by atomic mass is 32.1. The summed E-state index contributed by atoms with van der Waals surface area (Å²) in [6, 6.07) is 83.3. The van der Waals surface area contributed by atoms with Crippen LogP contribution in [0, 0.1) is 0 Å². The Morgan fingerprint density at radius 1 is 0.347 bits per heavy atom. The predicted molar refractivity (Wildman–Crippen MR) is 310 cm³/mol. The number of fused-ring (bicyclic) bond motifs is 15. The summed E-state index contributed by atoms with van der Waals surface area (Å²) >= 11 is 3.78. The van der Waals surface area contributed by atoms with Crippen molar-refractivity contribution in [1.29, 1.82) is 0 Å². The lowest BCUT2D eigenvalue weighted by Crippen LogP contribution is -2.40. The van der Waals surface area contributed by atoms with Crippen molar-refractivity contribution in [3.63, 3.8) is 0 Å². The number of hydrogen-bond acceptors (Lipinski definition) is 4. The van der Waals surface area contributed by atoms with Crippen molar-refractivity contribution >= 4 is 97.1 Å². The van der Waals surface area contributed by atoms with Crippen LogP contribution in [-0.4, -0.2) is 0 Å². The molecule has 0 atom stereocenters. The van der Waals surface area contributed by atoms with Crippen molar-refractivity contribution in [2.24, 2.45) is 0 Å². The van der Waals surface area contributed by atoms with Crippen molar-refractivity contribution in [2.45, 2.75) is 51.4 Å². The summed E-state index contributed by atoms with van der Waals surface area (Å²) in [4.78, 5) is 5.03. The molecule has 2 nitrogen and oxygen atoms in total. The molecule has 10 aromatic carbocycles. The van der Waals surface area contributed by atoms with Crippen LogP contribution in [0.25, 0.3) is 51.5 Å². The first-order chi connectivity index (χ1) is 35.4. The number of thiophene rings is 2. The first-order valence-corrected chi connectivity index (χ1v) is 27.1. The van der Waals surface area contributed by atoms with Gasteiger partial charge in [0.15, 0.2) is 0 Å². The molecule has 14 rings (SSSR count). The van der Waals surface area contributed by atoms with Gasteiger partial charge in [0, 0.05) is 59.1 Å². The molecule has 0 saturated heterocycles. The van der Waals surface area contributed by atoms with E-state index in [1.165, 1.54) is 107 Å². The van der Waals surface area contributed by atoms with Crippen molar-refractivity contribution < 1.29 is 0 Å². The summed E-state index contributed by atoms with van der Waals surface area (Å²) in [5.74, 6) is 0. The van der Waals surface area contributed by atoms with Gasteiger partial charge < -0.3 is 9.80 Å². The molecule has 1 spiro atoms. The monoisotopic (exact) mass is 960 g/mol. The van der Waals surface area contributed by atoms with E-state index in [1.807, 2.05) is 22.7 Å². The van der Waals surface area contributed by atoms with E-state index >= 15 is 0 Å². The second kappa shape index (κ2) is 16.4. The highest BCUT2D eigenvalue weighted by molar-refractivity contribution is 7.26. The normalized spacial score (nSPS) is 13.9. The minimum absolute atomic E-state index is 0.198. The van der Waals surface area contributed by atoms with Crippen LogP contribution in [0.3, 0.4) is 0 Å². The summed E-state index contributed by atoms with van der Waals surface area (Å²) in [5, 5.41) is 5.18. The summed E-state index contributed by atoms with van der Waals surface area (Å²) in [7, 11) is 0. The molecule has 0 saturated carbocycles. The van der Waals surface area contributed by atoms with E-state index in [0.29, 0.717) is 0 Å². The third kappa shape index (κ3) is 6.19. The van der Waals surface area contributed by atoms with Gasteiger partial charge in [-0.15, -0.1) is 22.7 Å². The molecule has 2 aliphatic rings. The van der Waals surface area contributed by atoms with Crippen LogP contribution < -0.4 is 9.80 Å². The summed E-state index contributed by atoms with van der Waals surface area (Å²) in [6.07, 6.45) is 1.98. The van der Waals surface area contributed by atoms with Crippen LogP contribution in [0.15, 0.2) is 218 Å². The van der Waals surface area contributed by atoms with Crippen molar-refractivity contribution in [3.05, 3.63) is 263 Å². The van der Waals surface area contributed by atoms with Crippen LogP contribution in [0.5, 0.6) is 0 Å². The largest absolute Gasteiger partial charge is 0.309 e. The number of nitrogens with zero attached hydrogens (tertiary/aromatic N) is 2. The van der Waals surface area contributed by atoms with E-state index in [2.05, 4.69) is 256 Å². The van der Waals surface area contributed by atoms with Crippen LogP contribution in [0.2, 0.25) is 0 Å². The molecule has 0 bridgehead atoms. The number of hydrogen-bond donors (Lipinski definition) is 0. The third-order valence-corrected chi connectivity index (χ3v) is 18.5. The maximum Gasteiger partial charge on any atom is 0.0719 e. The predicted octanol–water partition coefficient (Wildman–Crippen LogP) is 19.5. The number of benzene rings is 10. The van der Waals surface area contributed by atoms with Gasteiger partial charge in [-0.25, -0.2) is 0 Å². The van der Waals surface area contributed by atoms with Gasteiger partial charge in [-0.05, 0) is 141 Å². The molecule has 0 fully saturated rings. The quantitative estimate of drug-likeness (QED) is 0.150. The van der Waals surface area contributed by atoms with Gasteiger partial charge in [-0.2, -0.15) is 0 Å². The minimum Gasteiger partial charge on any atom is -0.309 e. The van der Waals surface area contributed by atoms with E-state index in [9.17, 15) is 0 Å². The molecule has 72 heavy (non-hydrogen) atoms. The Hall–Kier alpha value is -7.76. The second-order valence-corrected chi connectivity index (χ2v) is 22.2. The minimum atomic E-state index is -0.553. The summed E-state index contributed by atoms with van der Waals surface area (Å²) in [6.45, 7) is 9.29. The Labute approximate surface area is 429 Å². The molecule has 2 aromatic heterocycles. The average Bonchev–Trinajstić information content (AvgIpc) is 4.10. The molecule has 4 heteroatoms. The summed E-state index contributed by atoms with van der Waals surface area (Å²) in [5.41, 5.74) is 19.5. The molecule has 2 heterocycles. The van der Waals surface area contributed by atoms with Crippen LogP contribution in [-0.2, 0) is 23.7 Å². The van der Waals surface area contributed by atoms with Gasteiger partial charge in [0.25, 0.3) is 0 Å². The fourth-order valence-corrected chi connectivity index (χ4v) is 15.0. The molecular weight excluding hydrogens is 909 g/mol. The molecule has 0 radical (unpaired) electrons. The van der Waals surface area contributed by atoms with Gasteiger partial charge in [0.05, 0.1) is 26.2 Å². The average molecular weight is 961 g/mol. The Morgan fingerprint density at radius 2 is 0.722 bits per heavy atom. The Balaban J connectivity index is 1.06. The van der Waals surface area contributed by atoms with Crippen molar-refractivity contribution in [3.8, 4) is 11.1 Å². The lowest BCUT2D eigenvalue weighted by molar-refractivity contribution is 0.563. The standard InChI is InChI=1S/C68H52N2S2/c1-5-43-29-33-45(34-30-43)69(61-25-15-19-51-49-17-7-13-27-63(49)71-65(51)61)47-37-39-55-53(41-47)54-42-48(38-40-56(54)68(55)59-23-11-9-21-57(59)67(3,4)58-22-10-12-24-60(58)68)70(46-35-31-44(6-2)32-36-46)62-26-16-20-52-50-18-8-14-28-64(50)72-66(52)62/h7-42H,5-6H2,1-4H3. The zero-order valence-electron chi connectivity index (χ0n) is 40.9. The molecule has 0 N–H and O–H groups in total. The van der Waals surface area contributed by atoms with Gasteiger partial charge in [0.2, 0.25) is 0 Å². The lowest BCUT2D eigenvalue weighted by Gasteiger charge is -2.46. The topological polar surface area (TPSA) is 6.48 Å². The van der Waals surface area contributed by atoms with Crippen molar-refractivity contribution in [2.75, 3.05) is 9.80 Å². The van der Waals surface area contributed by atoms with Crippen LogP contribution in [0.1, 0.15) is 72.2 Å². The molecule has 0 unspecified atom stereocenters. The second-order valence-electron chi connectivity index (χ2n) is 20.1. The van der Waals surface area contributed by atoms with Gasteiger partial charge in [-0.1, -0.05) is 173 Å². The number of anilines is 6. The van der Waals surface area contributed by atoms with E-state index < -0.39 is 5.41 Å². The fourth-order valence-electron chi connectivity index (χ4n) is 12.6. The molecule has 0 aliphatic heterocycles. The van der Waals surface area contributed by atoms with E-state index in [4.69, 9.17) is 0 Å². The van der Waals surface area contributed by atoms with Gasteiger partial charge in [-0.3, -0.25) is 0 Å². The maximum atomic E-state index is 2.52. The Morgan fingerprint density at radius 3 is 1.15 bits per heavy atom. The zero-order chi connectivity index (χ0) is 48.3. The van der Waals surface area contributed by atoms with Crippen LogP contribution >= 0.6 is 22.7 Å². The molecular formula is C68H52N2S2. The van der Waals surface area contributed by atoms with E-state index in [0.717, 1.165) is 35.6 Å². The lowest BCUT2D eigenvalue weighted by atomic mass is 9.55. The smallest absolute Gasteiger partial charge is 0.0719 e. The Bertz CT molecular complexity index is 3850. The molecule has 2 aliphatic carbocycles. The third-order valence-electron chi connectivity index (χ3n) is 16.1. The molecule has 0 amide bonds. The summed E-state index contributed by atoms with van der Waals surface area (Å²) < 4.78 is 5.18. The first kappa shape index (κ1) is 43.1. The fraction of sp³-hybridized carbons (Fsp3) is 0.118. The molecule has 346 valence electrons. The van der Waals surface area contributed by atoms with Gasteiger partial charge in [0.1, 0.15) is 0 Å².